The summed E-state index contributed by atoms with van der Waals surface area (Å²) in [4.78, 5) is 12.0. The first-order valence-corrected chi connectivity index (χ1v) is 7.23. The van der Waals surface area contributed by atoms with Gasteiger partial charge in [-0.1, -0.05) is 56.1 Å². The van der Waals surface area contributed by atoms with Gasteiger partial charge in [0.25, 0.3) is 0 Å². The van der Waals surface area contributed by atoms with Crippen molar-refractivity contribution in [2.24, 2.45) is 0 Å². The fourth-order valence-electron chi connectivity index (χ4n) is 1.81. The fourth-order valence-corrected chi connectivity index (χ4v) is 2.70. The largest absolute Gasteiger partial charge is 0.299 e. The first-order chi connectivity index (χ1) is 8.63. The molecule has 0 saturated carbocycles. The highest BCUT2D eigenvalue weighted by Gasteiger charge is 2.06. The van der Waals surface area contributed by atoms with Crippen LogP contribution >= 0.6 is 31.9 Å². The van der Waals surface area contributed by atoms with Gasteiger partial charge >= 0.3 is 0 Å². The van der Waals surface area contributed by atoms with Crippen molar-refractivity contribution in [1.29, 1.82) is 0 Å². The second-order valence-corrected chi connectivity index (χ2v) is 5.98. The zero-order chi connectivity index (χ0) is 13.0. The van der Waals surface area contributed by atoms with Crippen molar-refractivity contribution < 1.29 is 4.79 Å². The van der Waals surface area contributed by atoms with Crippen LogP contribution in [0.25, 0.3) is 0 Å². The molecule has 1 nitrogen and oxygen atoms in total. The lowest BCUT2D eigenvalue weighted by atomic mass is 10.0. The molecule has 0 heterocycles. The predicted molar refractivity (Wildman–Crippen MR) is 80.7 cm³/mol. The number of halogens is 2. The summed E-state index contributed by atoms with van der Waals surface area (Å²) < 4.78 is 2.02. The average molecular weight is 368 g/mol. The van der Waals surface area contributed by atoms with Crippen LogP contribution in [0.1, 0.15) is 11.1 Å². The zero-order valence-electron chi connectivity index (χ0n) is 9.70. The zero-order valence-corrected chi connectivity index (χ0v) is 12.9. The number of hydrogen-bond donors (Lipinski definition) is 0. The molecule has 0 amide bonds. The van der Waals surface area contributed by atoms with E-state index in [9.17, 15) is 4.79 Å². The Balaban J connectivity index is 2.01. The molecule has 2 rings (SSSR count). The number of carbonyl (C=O) groups is 1. The van der Waals surface area contributed by atoms with E-state index in [1.807, 2.05) is 48.5 Å². The molecular formula is C15H12Br2O. The highest BCUT2D eigenvalue weighted by atomic mass is 79.9. The van der Waals surface area contributed by atoms with Gasteiger partial charge in [0.15, 0.2) is 0 Å². The van der Waals surface area contributed by atoms with E-state index < -0.39 is 0 Å². The second kappa shape index (κ2) is 6.30. The standard InChI is InChI=1S/C15H12Br2O/c16-13-5-1-3-11(7-13)9-15(18)10-12-4-2-6-14(17)8-12/h1-8H,9-10H2. The maximum absolute atomic E-state index is 12.0. The van der Waals surface area contributed by atoms with Gasteiger partial charge in [-0.2, -0.15) is 0 Å². The van der Waals surface area contributed by atoms with Gasteiger partial charge in [0.05, 0.1) is 0 Å². The summed E-state index contributed by atoms with van der Waals surface area (Å²) in [6.07, 6.45) is 0.956. The van der Waals surface area contributed by atoms with Crippen LogP contribution in [-0.4, -0.2) is 5.78 Å². The summed E-state index contributed by atoms with van der Waals surface area (Å²) >= 11 is 6.82. The predicted octanol–water partition coefficient (Wildman–Crippen LogP) is 4.57. The third-order valence-corrected chi connectivity index (χ3v) is 3.57. The van der Waals surface area contributed by atoms with Crippen LogP contribution in [0.5, 0.6) is 0 Å². The van der Waals surface area contributed by atoms with E-state index in [4.69, 9.17) is 0 Å². The molecule has 92 valence electrons. The minimum Gasteiger partial charge on any atom is -0.299 e. The van der Waals surface area contributed by atoms with Gasteiger partial charge in [-0.3, -0.25) is 4.79 Å². The number of hydrogen-bond acceptors (Lipinski definition) is 1. The summed E-state index contributed by atoms with van der Waals surface area (Å²) in [6.45, 7) is 0. The molecule has 0 aliphatic rings. The second-order valence-electron chi connectivity index (χ2n) is 4.15. The summed E-state index contributed by atoms with van der Waals surface area (Å²) in [7, 11) is 0. The lowest BCUT2D eigenvalue weighted by Crippen LogP contribution is -2.06. The molecule has 18 heavy (non-hydrogen) atoms. The van der Waals surface area contributed by atoms with Crippen LogP contribution in [0.15, 0.2) is 57.5 Å². The molecule has 0 saturated heterocycles. The topological polar surface area (TPSA) is 17.1 Å². The Morgan fingerprint density at radius 2 is 1.28 bits per heavy atom. The Labute approximate surface area is 123 Å². The Bertz CT molecular complexity index is 514. The molecule has 2 aromatic rings. The van der Waals surface area contributed by atoms with Gasteiger partial charge in [-0.15, -0.1) is 0 Å². The molecule has 0 spiro atoms. The van der Waals surface area contributed by atoms with Crippen molar-refractivity contribution in [2.45, 2.75) is 12.8 Å². The van der Waals surface area contributed by atoms with Crippen LogP contribution in [0.3, 0.4) is 0 Å². The highest BCUT2D eigenvalue weighted by molar-refractivity contribution is 9.10. The fraction of sp³-hybridized carbons (Fsp3) is 0.133. The Morgan fingerprint density at radius 3 is 1.67 bits per heavy atom. The van der Waals surface area contributed by atoms with Gasteiger partial charge in [0.1, 0.15) is 5.78 Å². The molecule has 0 N–H and O–H groups in total. The van der Waals surface area contributed by atoms with Crippen molar-refractivity contribution >= 4 is 37.6 Å². The molecule has 0 unspecified atom stereocenters. The summed E-state index contributed by atoms with van der Waals surface area (Å²) in [5.41, 5.74) is 2.09. The van der Waals surface area contributed by atoms with Crippen LogP contribution < -0.4 is 0 Å². The number of carbonyl (C=O) groups excluding carboxylic acids is 1. The number of Topliss-reactive ketones (excluding diaryl/α,β-unsaturated/α-hetero) is 1. The van der Waals surface area contributed by atoms with Crippen molar-refractivity contribution in [1.82, 2.24) is 0 Å². The highest BCUT2D eigenvalue weighted by Crippen LogP contribution is 2.15. The van der Waals surface area contributed by atoms with E-state index in [1.165, 1.54) is 0 Å². The number of rotatable bonds is 4. The molecule has 0 fully saturated rings. The van der Waals surface area contributed by atoms with Crippen LogP contribution in [-0.2, 0) is 17.6 Å². The Kier molecular flexibility index (Phi) is 4.72. The third-order valence-electron chi connectivity index (χ3n) is 2.58. The molecule has 0 aliphatic carbocycles. The summed E-state index contributed by atoms with van der Waals surface area (Å²) in [6, 6.07) is 15.7. The van der Waals surface area contributed by atoms with Crippen molar-refractivity contribution in [2.75, 3.05) is 0 Å². The van der Waals surface area contributed by atoms with Gasteiger partial charge < -0.3 is 0 Å². The SMILES string of the molecule is O=C(Cc1cccc(Br)c1)Cc1cccc(Br)c1. The summed E-state index contributed by atoms with van der Waals surface area (Å²) in [5, 5.41) is 0. The minimum atomic E-state index is 0.228. The van der Waals surface area contributed by atoms with E-state index in [1.54, 1.807) is 0 Å². The molecule has 0 bridgehead atoms. The Hall–Kier alpha value is -0.930. The van der Waals surface area contributed by atoms with Gasteiger partial charge in [0, 0.05) is 21.8 Å². The number of ketones is 1. The maximum Gasteiger partial charge on any atom is 0.141 e. The molecule has 0 atom stereocenters. The molecule has 0 aromatic heterocycles. The van der Waals surface area contributed by atoms with Gasteiger partial charge in [0.2, 0.25) is 0 Å². The molecule has 0 radical (unpaired) electrons. The van der Waals surface area contributed by atoms with E-state index in [-0.39, 0.29) is 5.78 Å². The van der Waals surface area contributed by atoms with Crippen molar-refractivity contribution in [3.05, 3.63) is 68.6 Å². The molecule has 0 aliphatic heterocycles. The van der Waals surface area contributed by atoms with Crippen LogP contribution in [0.2, 0.25) is 0 Å². The first kappa shape index (κ1) is 13.5. The van der Waals surface area contributed by atoms with Gasteiger partial charge in [-0.05, 0) is 35.4 Å². The lowest BCUT2D eigenvalue weighted by molar-refractivity contribution is -0.117. The van der Waals surface area contributed by atoms with E-state index in [2.05, 4.69) is 31.9 Å². The maximum atomic E-state index is 12.0. The Morgan fingerprint density at radius 1 is 0.833 bits per heavy atom. The minimum absolute atomic E-state index is 0.228. The number of benzene rings is 2. The van der Waals surface area contributed by atoms with E-state index >= 15 is 0 Å². The third kappa shape index (κ3) is 4.07. The lowest BCUT2D eigenvalue weighted by Gasteiger charge is -2.03. The average Bonchev–Trinajstić information content (AvgIpc) is 2.28. The van der Waals surface area contributed by atoms with Crippen LogP contribution in [0.4, 0.5) is 0 Å². The van der Waals surface area contributed by atoms with Gasteiger partial charge in [-0.25, -0.2) is 0 Å². The van der Waals surface area contributed by atoms with Crippen molar-refractivity contribution in [3.63, 3.8) is 0 Å². The molecular weight excluding hydrogens is 356 g/mol. The summed E-state index contributed by atoms with van der Waals surface area (Å²) in [5.74, 6) is 0.228. The quantitative estimate of drug-likeness (QED) is 0.773. The normalized spacial score (nSPS) is 10.3. The van der Waals surface area contributed by atoms with E-state index in [0.717, 1.165) is 20.1 Å². The van der Waals surface area contributed by atoms with Crippen LogP contribution in [0, 0.1) is 0 Å². The van der Waals surface area contributed by atoms with Crippen molar-refractivity contribution in [3.8, 4) is 0 Å². The molecule has 3 heteroatoms. The monoisotopic (exact) mass is 366 g/mol. The molecule has 2 aromatic carbocycles. The smallest absolute Gasteiger partial charge is 0.141 e. The first-order valence-electron chi connectivity index (χ1n) is 5.64. The van der Waals surface area contributed by atoms with E-state index in [0.29, 0.717) is 12.8 Å².